The number of benzene rings is 1. The van der Waals surface area contributed by atoms with Gasteiger partial charge in [0, 0.05) is 38.1 Å². The van der Waals surface area contributed by atoms with E-state index in [4.69, 9.17) is 0 Å². The number of amides is 1. The summed E-state index contributed by atoms with van der Waals surface area (Å²) in [6.07, 6.45) is 0.189. The first-order valence-electron chi connectivity index (χ1n) is 8.27. The van der Waals surface area contributed by atoms with E-state index in [-0.39, 0.29) is 17.2 Å². The Labute approximate surface area is 155 Å². The minimum absolute atomic E-state index is 0.162. The predicted molar refractivity (Wildman–Crippen MR) is 102 cm³/mol. The largest absolute Gasteiger partial charge is 0.326 e. The Morgan fingerprint density at radius 1 is 1.19 bits per heavy atom. The molecule has 1 aromatic carbocycles. The van der Waals surface area contributed by atoms with Gasteiger partial charge in [0.1, 0.15) is 0 Å². The summed E-state index contributed by atoms with van der Waals surface area (Å²) in [4.78, 5) is 12.7. The number of hydrogen-bond donors (Lipinski definition) is 1. The van der Waals surface area contributed by atoms with Crippen LogP contribution in [0.3, 0.4) is 0 Å². The maximum absolute atomic E-state index is 12.5. The molecule has 26 heavy (non-hydrogen) atoms. The molecule has 0 aliphatic rings. The first kappa shape index (κ1) is 20.1. The molecule has 0 aliphatic heterocycles. The number of anilines is 1. The van der Waals surface area contributed by atoms with Gasteiger partial charge in [0.05, 0.1) is 17.0 Å². The summed E-state index contributed by atoms with van der Waals surface area (Å²) in [7, 11) is 1.23. The van der Waals surface area contributed by atoms with Crippen molar-refractivity contribution in [1.82, 2.24) is 14.1 Å². The third-order valence-electron chi connectivity index (χ3n) is 4.69. The summed E-state index contributed by atoms with van der Waals surface area (Å²) in [6, 6.07) is 3.13. The zero-order valence-corrected chi connectivity index (χ0v) is 17.2. The number of rotatable bonds is 5. The zero-order valence-electron chi connectivity index (χ0n) is 16.3. The van der Waals surface area contributed by atoms with Crippen molar-refractivity contribution in [1.29, 1.82) is 0 Å². The van der Waals surface area contributed by atoms with Crippen LogP contribution in [-0.4, -0.2) is 42.5 Å². The lowest BCUT2D eigenvalue weighted by Crippen LogP contribution is -2.23. The van der Waals surface area contributed by atoms with Crippen LogP contribution < -0.4 is 5.32 Å². The maximum atomic E-state index is 12.5. The molecule has 1 N–H and O–H groups in total. The summed E-state index contributed by atoms with van der Waals surface area (Å²) in [6.45, 7) is 7.48. The van der Waals surface area contributed by atoms with Crippen LogP contribution in [0.15, 0.2) is 17.0 Å². The second-order valence-electron chi connectivity index (χ2n) is 6.70. The number of nitrogens with zero attached hydrogens (tertiary/aromatic N) is 3. The van der Waals surface area contributed by atoms with Crippen LogP contribution in [-0.2, 0) is 28.3 Å². The molecule has 0 unspecified atom stereocenters. The van der Waals surface area contributed by atoms with E-state index in [0.717, 1.165) is 32.4 Å². The Kier molecular flexibility index (Phi) is 5.58. The summed E-state index contributed by atoms with van der Waals surface area (Å²) < 4.78 is 27.7. The first-order chi connectivity index (χ1) is 11.9. The Morgan fingerprint density at radius 3 is 2.31 bits per heavy atom. The number of sulfonamides is 1. The normalized spacial score (nSPS) is 11.8. The van der Waals surface area contributed by atoms with Crippen molar-refractivity contribution in [3.63, 3.8) is 0 Å². The molecule has 1 aromatic heterocycles. The van der Waals surface area contributed by atoms with Gasteiger partial charge in [-0.25, -0.2) is 12.7 Å². The van der Waals surface area contributed by atoms with Gasteiger partial charge in [-0.2, -0.15) is 5.10 Å². The second kappa shape index (κ2) is 7.20. The van der Waals surface area contributed by atoms with Gasteiger partial charge in [-0.1, -0.05) is 0 Å². The number of hydrogen-bond acceptors (Lipinski definition) is 4. The fraction of sp³-hybridized carbons (Fsp3) is 0.444. The predicted octanol–water partition coefficient (Wildman–Crippen LogP) is 2.09. The monoisotopic (exact) mass is 378 g/mol. The lowest BCUT2D eigenvalue weighted by atomic mass is 10.1. The Bertz CT molecular complexity index is 959. The minimum Gasteiger partial charge on any atom is -0.326 e. The van der Waals surface area contributed by atoms with E-state index >= 15 is 0 Å². The highest BCUT2D eigenvalue weighted by Gasteiger charge is 2.21. The van der Waals surface area contributed by atoms with E-state index in [1.165, 1.54) is 20.2 Å². The smallest absolute Gasteiger partial charge is 0.242 e. The van der Waals surface area contributed by atoms with Gasteiger partial charge in [-0.05, 0) is 51.0 Å². The van der Waals surface area contributed by atoms with Crippen LogP contribution in [0.2, 0.25) is 0 Å². The molecule has 2 aromatic rings. The molecule has 2 rings (SSSR count). The van der Waals surface area contributed by atoms with Crippen LogP contribution in [0.25, 0.3) is 0 Å². The molecule has 8 heteroatoms. The van der Waals surface area contributed by atoms with Crippen LogP contribution in [0, 0.1) is 27.7 Å². The third kappa shape index (κ3) is 3.81. The Balaban J connectivity index is 2.34. The third-order valence-corrected chi connectivity index (χ3v) is 6.48. The fourth-order valence-corrected chi connectivity index (χ4v) is 3.76. The molecule has 1 heterocycles. The van der Waals surface area contributed by atoms with Crippen molar-refractivity contribution >= 4 is 21.6 Å². The molecule has 1 amide bonds. The summed E-state index contributed by atoms with van der Waals surface area (Å²) in [5, 5.41) is 7.18. The van der Waals surface area contributed by atoms with Crippen LogP contribution in [0.5, 0.6) is 0 Å². The molecule has 0 saturated carbocycles. The summed E-state index contributed by atoms with van der Waals surface area (Å²) >= 11 is 0. The molecular weight excluding hydrogens is 352 g/mol. The topological polar surface area (TPSA) is 84.3 Å². The second-order valence-corrected chi connectivity index (χ2v) is 8.85. The fourth-order valence-electron chi connectivity index (χ4n) is 2.74. The standard InChI is InChI=1S/C18H26N4O3S/c1-11-8-15(26(24,25)21(5)6)9-17(12(11)2)19-18(23)10-16-13(3)20-22(7)14(16)4/h8-9H,10H2,1-7H3,(H,19,23). The van der Waals surface area contributed by atoms with Crippen molar-refractivity contribution in [2.24, 2.45) is 7.05 Å². The average Bonchev–Trinajstić information content (AvgIpc) is 2.77. The molecule has 7 nitrogen and oxygen atoms in total. The molecule has 0 spiro atoms. The van der Waals surface area contributed by atoms with Crippen molar-refractivity contribution in [3.8, 4) is 0 Å². The molecule has 0 fully saturated rings. The van der Waals surface area contributed by atoms with E-state index in [1.807, 2.05) is 34.7 Å². The van der Waals surface area contributed by atoms with E-state index in [9.17, 15) is 13.2 Å². The quantitative estimate of drug-likeness (QED) is 0.863. The highest BCUT2D eigenvalue weighted by molar-refractivity contribution is 7.89. The van der Waals surface area contributed by atoms with Crippen molar-refractivity contribution in [3.05, 3.63) is 40.2 Å². The number of aromatic nitrogens is 2. The maximum Gasteiger partial charge on any atom is 0.242 e. The minimum atomic E-state index is -3.57. The molecule has 0 atom stereocenters. The lowest BCUT2D eigenvalue weighted by molar-refractivity contribution is -0.115. The average molecular weight is 378 g/mol. The van der Waals surface area contributed by atoms with Gasteiger partial charge in [-0.3, -0.25) is 9.48 Å². The highest BCUT2D eigenvalue weighted by atomic mass is 32.2. The number of aryl methyl sites for hydroxylation is 3. The van der Waals surface area contributed by atoms with Gasteiger partial charge < -0.3 is 5.32 Å². The van der Waals surface area contributed by atoms with Gasteiger partial charge in [0.25, 0.3) is 0 Å². The number of carbonyl (C=O) groups excluding carboxylic acids is 1. The first-order valence-corrected chi connectivity index (χ1v) is 9.71. The van der Waals surface area contributed by atoms with Crippen LogP contribution >= 0.6 is 0 Å². The lowest BCUT2D eigenvalue weighted by Gasteiger charge is -2.16. The molecule has 0 aliphatic carbocycles. The van der Waals surface area contributed by atoms with Gasteiger partial charge in [0.2, 0.25) is 15.9 Å². The SMILES string of the molecule is Cc1cc(S(=O)(=O)N(C)C)cc(NC(=O)Cc2c(C)nn(C)c2C)c1C. The summed E-state index contributed by atoms with van der Waals surface area (Å²) in [5.41, 5.74) is 4.80. The number of nitrogens with one attached hydrogen (secondary N) is 1. The molecule has 0 saturated heterocycles. The van der Waals surface area contributed by atoms with Crippen molar-refractivity contribution in [2.45, 2.75) is 39.0 Å². The molecular formula is C18H26N4O3S. The van der Waals surface area contributed by atoms with Crippen molar-refractivity contribution in [2.75, 3.05) is 19.4 Å². The van der Waals surface area contributed by atoms with Crippen LogP contribution in [0.4, 0.5) is 5.69 Å². The van der Waals surface area contributed by atoms with E-state index in [0.29, 0.717) is 5.69 Å². The molecule has 0 bridgehead atoms. The highest BCUT2D eigenvalue weighted by Crippen LogP contribution is 2.26. The Morgan fingerprint density at radius 2 is 1.81 bits per heavy atom. The van der Waals surface area contributed by atoms with Gasteiger partial charge in [0.15, 0.2) is 0 Å². The van der Waals surface area contributed by atoms with E-state index in [2.05, 4.69) is 10.4 Å². The van der Waals surface area contributed by atoms with Gasteiger partial charge in [-0.15, -0.1) is 0 Å². The molecule has 142 valence electrons. The Hall–Kier alpha value is -2.19. The van der Waals surface area contributed by atoms with E-state index < -0.39 is 10.0 Å². The van der Waals surface area contributed by atoms with E-state index in [1.54, 1.807) is 10.7 Å². The zero-order chi connectivity index (χ0) is 19.8. The summed E-state index contributed by atoms with van der Waals surface area (Å²) in [5.74, 6) is -0.203. The van der Waals surface area contributed by atoms with Gasteiger partial charge >= 0.3 is 0 Å². The molecule has 0 radical (unpaired) electrons. The number of carbonyl (C=O) groups is 1. The van der Waals surface area contributed by atoms with Crippen molar-refractivity contribution < 1.29 is 13.2 Å². The van der Waals surface area contributed by atoms with Crippen LogP contribution in [0.1, 0.15) is 28.1 Å².